The van der Waals surface area contributed by atoms with Crippen LogP contribution in [0, 0.1) is 17.0 Å². The summed E-state index contributed by atoms with van der Waals surface area (Å²) >= 11 is 0. The third kappa shape index (κ3) is 2.55. The first-order valence-corrected chi connectivity index (χ1v) is 7.96. The second-order valence-electron chi connectivity index (χ2n) is 5.98. The van der Waals surface area contributed by atoms with Gasteiger partial charge >= 0.3 is 0 Å². The molecule has 0 bridgehead atoms. The van der Waals surface area contributed by atoms with Crippen LogP contribution in [0.2, 0.25) is 0 Å². The Labute approximate surface area is 147 Å². The smallest absolute Gasteiger partial charge is 0.274 e. The van der Waals surface area contributed by atoms with Gasteiger partial charge in [-0.1, -0.05) is 29.8 Å². The molecular formula is C19H14N4O3. The SMILES string of the molecule is Cc1ccc(-n2[nH]c3nccc(-c4cccc([N+](=O)[O-])c4)c3c2=O)cc1. The van der Waals surface area contributed by atoms with E-state index < -0.39 is 4.92 Å². The number of nitrogens with zero attached hydrogens (tertiary/aromatic N) is 3. The van der Waals surface area contributed by atoms with E-state index in [0.29, 0.717) is 27.8 Å². The molecule has 7 heteroatoms. The molecule has 2 aromatic heterocycles. The van der Waals surface area contributed by atoms with Gasteiger partial charge in [0.05, 0.1) is 16.0 Å². The lowest BCUT2D eigenvalue weighted by Gasteiger charge is -2.02. The topological polar surface area (TPSA) is 93.8 Å². The molecule has 1 N–H and O–H groups in total. The number of nitro benzene ring substituents is 1. The first kappa shape index (κ1) is 15.8. The first-order valence-electron chi connectivity index (χ1n) is 7.96. The number of aromatic nitrogens is 3. The second-order valence-corrected chi connectivity index (χ2v) is 5.98. The predicted molar refractivity (Wildman–Crippen MR) is 98.5 cm³/mol. The van der Waals surface area contributed by atoms with Crippen molar-refractivity contribution in [1.29, 1.82) is 0 Å². The number of nitro groups is 1. The molecule has 2 heterocycles. The zero-order chi connectivity index (χ0) is 18.3. The molecule has 4 aromatic rings. The highest BCUT2D eigenvalue weighted by Gasteiger charge is 2.16. The Morgan fingerprint density at radius 3 is 2.62 bits per heavy atom. The van der Waals surface area contributed by atoms with Crippen molar-refractivity contribution in [3.63, 3.8) is 0 Å². The summed E-state index contributed by atoms with van der Waals surface area (Å²) in [7, 11) is 0. The summed E-state index contributed by atoms with van der Waals surface area (Å²) in [6.07, 6.45) is 1.58. The Hall–Kier alpha value is -3.74. The van der Waals surface area contributed by atoms with E-state index in [1.54, 1.807) is 24.4 Å². The summed E-state index contributed by atoms with van der Waals surface area (Å²) < 4.78 is 1.43. The second kappa shape index (κ2) is 5.96. The van der Waals surface area contributed by atoms with Crippen LogP contribution < -0.4 is 5.56 Å². The summed E-state index contributed by atoms with van der Waals surface area (Å²) in [5, 5.41) is 14.5. The molecule has 0 saturated heterocycles. The number of aryl methyl sites for hydroxylation is 1. The number of benzene rings is 2. The van der Waals surface area contributed by atoms with E-state index in [1.165, 1.54) is 16.8 Å². The normalized spacial score (nSPS) is 11.0. The van der Waals surface area contributed by atoms with Gasteiger partial charge in [-0.2, -0.15) is 0 Å². The molecule has 0 radical (unpaired) electrons. The average Bonchev–Trinajstić information content (AvgIpc) is 2.99. The zero-order valence-corrected chi connectivity index (χ0v) is 13.8. The van der Waals surface area contributed by atoms with E-state index in [4.69, 9.17) is 0 Å². The molecule has 0 unspecified atom stereocenters. The standard InChI is InChI=1S/C19H14N4O3/c1-12-5-7-14(8-6-12)22-19(24)17-16(9-10-20-18(17)21-22)13-3-2-4-15(11-13)23(25)26/h2-11H,1H3,(H,20,21). The Balaban J connectivity index is 1.95. The lowest BCUT2D eigenvalue weighted by molar-refractivity contribution is -0.384. The van der Waals surface area contributed by atoms with Gasteiger partial charge in [-0.25, -0.2) is 9.67 Å². The maximum absolute atomic E-state index is 13.0. The molecule has 0 spiro atoms. The van der Waals surface area contributed by atoms with Crippen LogP contribution in [0.5, 0.6) is 0 Å². The van der Waals surface area contributed by atoms with Crippen LogP contribution in [-0.2, 0) is 0 Å². The van der Waals surface area contributed by atoms with Crippen LogP contribution in [0.25, 0.3) is 27.8 Å². The lowest BCUT2D eigenvalue weighted by atomic mass is 10.0. The van der Waals surface area contributed by atoms with E-state index >= 15 is 0 Å². The number of pyridine rings is 1. The molecular weight excluding hydrogens is 332 g/mol. The fraction of sp³-hybridized carbons (Fsp3) is 0.0526. The van der Waals surface area contributed by atoms with E-state index in [2.05, 4.69) is 10.1 Å². The number of nitrogens with one attached hydrogen (secondary N) is 1. The van der Waals surface area contributed by atoms with E-state index in [-0.39, 0.29) is 11.2 Å². The highest BCUT2D eigenvalue weighted by atomic mass is 16.6. The van der Waals surface area contributed by atoms with Crippen LogP contribution >= 0.6 is 0 Å². The van der Waals surface area contributed by atoms with Crippen LogP contribution in [0.4, 0.5) is 5.69 Å². The Morgan fingerprint density at radius 2 is 1.88 bits per heavy atom. The number of rotatable bonds is 3. The lowest BCUT2D eigenvalue weighted by Crippen LogP contribution is -2.14. The van der Waals surface area contributed by atoms with Crippen molar-refractivity contribution >= 4 is 16.7 Å². The van der Waals surface area contributed by atoms with E-state index in [1.807, 2.05) is 31.2 Å². The molecule has 0 fully saturated rings. The summed E-state index contributed by atoms with van der Waals surface area (Å²) in [5.74, 6) is 0. The maximum Gasteiger partial charge on any atom is 0.281 e. The monoisotopic (exact) mass is 346 g/mol. The maximum atomic E-state index is 13.0. The van der Waals surface area contributed by atoms with Crippen LogP contribution in [-0.4, -0.2) is 19.7 Å². The summed E-state index contributed by atoms with van der Waals surface area (Å²) in [6.45, 7) is 1.97. The van der Waals surface area contributed by atoms with Gasteiger partial charge in [0.25, 0.3) is 11.2 Å². The zero-order valence-electron chi connectivity index (χ0n) is 13.8. The van der Waals surface area contributed by atoms with Gasteiger partial charge in [-0.3, -0.25) is 20.0 Å². The average molecular weight is 346 g/mol. The Kier molecular flexibility index (Phi) is 3.62. The van der Waals surface area contributed by atoms with Crippen molar-refractivity contribution in [2.75, 3.05) is 0 Å². The Bertz CT molecular complexity index is 1190. The fourth-order valence-corrected chi connectivity index (χ4v) is 2.93. The van der Waals surface area contributed by atoms with Gasteiger partial charge in [0, 0.05) is 23.9 Å². The van der Waals surface area contributed by atoms with Crippen molar-refractivity contribution in [1.82, 2.24) is 14.8 Å². The summed E-state index contributed by atoms with van der Waals surface area (Å²) in [5.41, 5.74) is 3.14. The molecule has 0 atom stereocenters. The van der Waals surface area contributed by atoms with Crippen molar-refractivity contribution in [3.05, 3.63) is 86.8 Å². The minimum absolute atomic E-state index is 0.0261. The van der Waals surface area contributed by atoms with Crippen molar-refractivity contribution in [3.8, 4) is 16.8 Å². The molecule has 0 aliphatic heterocycles. The van der Waals surface area contributed by atoms with Crippen molar-refractivity contribution in [2.45, 2.75) is 6.92 Å². The van der Waals surface area contributed by atoms with Gasteiger partial charge in [0.2, 0.25) is 0 Å². The summed E-state index contributed by atoms with van der Waals surface area (Å²) in [4.78, 5) is 27.8. The molecule has 26 heavy (non-hydrogen) atoms. The van der Waals surface area contributed by atoms with Gasteiger partial charge < -0.3 is 0 Å². The molecule has 128 valence electrons. The molecule has 0 aliphatic carbocycles. The highest BCUT2D eigenvalue weighted by Crippen LogP contribution is 2.28. The van der Waals surface area contributed by atoms with E-state index in [9.17, 15) is 14.9 Å². The molecule has 2 aromatic carbocycles. The van der Waals surface area contributed by atoms with Gasteiger partial charge in [0.15, 0.2) is 5.65 Å². The first-order chi connectivity index (χ1) is 12.5. The predicted octanol–water partition coefficient (Wildman–Crippen LogP) is 3.60. The minimum Gasteiger partial charge on any atom is -0.274 e. The quantitative estimate of drug-likeness (QED) is 0.453. The molecule has 0 aliphatic rings. The van der Waals surface area contributed by atoms with Crippen molar-refractivity contribution in [2.24, 2.45) is 0 Å². The van der Waals surface area contributed by atoms with Crippen LogP contribution in [0.3, 0.4) is 0 Å². The third-order valence-electron chi connectivity index (χ3n) is 4.25. The molecule has 7 nitrogen and oxygen atoms in total. The number of H-pyrrole nitrogens is 1. The number of hydrogen-bond acceptors (Lipinski definition) is 4. The van der Waals surface area contributed by atoms with Crippen LogP contribution in [0.1, 0.15) is 5.56 Å². The van der Waals surface area contributed by atoms with Gasteiger partial charge in [-0.15, -0.1) is 0 Å². The largest absolute Gasteiger partial charge is 0.281 e. The molecule has 0 saturated carbocycles. The molecule has 4 rings (SSSR count). The van der Waals surface area contributed by atoms with Gasteiger partial charge in [-0.05, 0) is 30.7 Å². The number of aromatic amines is 1. The van der Waals surface area contributed by atoms with Crippen LogP contribution in [0.15, 0.2) is 65.6 Å². The van der Waals surface area contributed by atoms with Gasteiger partial charge in [0.1, 0.15) is 0 Å². The summed E-state index contributed by atoms with van der Waals surface area (Å²) in [6, 6.07) is 15.4. The number of hydrogen-bond donors (Lipinski definition) is 1. The number of non-ortho nitro benzene ring substituents is 1. The fourth-order valence-electron chi connectivity index (χ4n) is 2.93. The third-order valence-corrected chi connectivity index (χ3v) is 4.25. The van der Waals surface area contributed by atoms with Crippen molar-refractivity contribution < 1.29 is 4.92 Å². The minimum atomic E-state index is -0.455. The number of fused-ring (bicyclic) bond motifs is 1. The van der Waals surface area contributed by atoms with E-state index in [0.717, 1.165) is 5.56 Å². The Morgan fingerprint density at radius 1 is 1.12 bits per heavy atom. The highest BCUT2D eigenvalue weighted by molar-refractivity contribution is 5.92. The molecule has 0 amide bonds.